The van der Waals surface area contributed by atoms with E-state index < -0.39 is 28.8 Å². The minimum atomic E-state index is -4.73. The third-order valence-corrected chi connectivity index (χ3v) is 5.93. The molecule has 4 nitrogen and oxygen atoms in total. The number of amides is 1. The van der Waals surface area contributed by atoms with Gasteiger partial charge in [0, 0.05) is 12.1 Å². The Hall–Kier alpha value is -2.85. The van der Waals surface area contributed by atoms with Crippen LogP contribution in [-0.2, 0) is 17.4 Å². The van der Waals surface area contributed by atoms with Crippen molar-refractivity contribution in [3.05, 3.63) is 64.7 Å². The molecule has 1 unspecified atom stereocenters. The quantitative estimate of drug-likeness (QED) is 0.669. The lowest BCUT2D eigenvalue weighted by atomic mass is 9.73. The highest BCUT2D eigenvalue weighted by Crippen LogP contribution is 2.37. The number of hydrogen-bond acceptors (Lipinski definition) is 3. The number of halogens is 3. The molecule has 0 aromatic heterocycles. The molecule has 1 amide bonds. The first-order chi connectivity index (χ1) is 14.6. The molecule has 3 rings (SSSR count). The lowest BCUT2D eigenvalue weighted by molar-refractivity contribution is -0.142. The van der Waals surface area contributed by atoms with Gasteiger partial charge in [-0.3, -0.25) is 4.79 Å². The summed E-state index contributed by atoms with van der Waals surface area (Å²) in [5, 5.41) is 23.0. The van der Waals surface area contributed by atoms with E-state index in [1.54, 1.807) is 0 Å². The van der Waals surface area contributed by atoms with Gasteiger partial charge in [-0.2, -0.15) is 18.4 Å². The highest BCUT2D eigenvalue weighted by molar-refractivity contribution is 5.97. The maximum absolute atomic E-state index is 13.3. The standard InChI is InChI=1S/C24H25F3N2O2/c1-16-6-5-7-17(12-16)14-23(31,19-8-3-2-4-9-19)22(30)29-20-11-10-18(15-28)21(13-20)24(25,26)27/h5-7,10-13,19,31H,2-4,8-9,14H2,1H3,(H,29,30). The van der Waals surface area contributed by atoms with Crippen molar-refractivity contribution in [2.45, 2.75) is 57.2 Å². The Bertz CT molecular complexity index is 991. The zero-order valence-electron chi connectivity index (χ0n) is 17.3. The first kappa shape index (κ1) is 22.8. The average molecular weight is 430 g/mol. The zero-order chi connectivity index (χ0) is 22.6. The lowest BCUT2D eigenvalue weighted by Gasteiger charge is -2.37. The van der Waals surface area contributed by atoms with E-state index in [0.29, 0.717) is 12.8 Å². The molecule has 1 atom stereocenters. The first-order valence-corrected chi connectivity index (χ1v) is 10.3. The fraction of sp³-hybridized carbons (Fsp3) is 0.417. The van der Waals surface area contributed by atoms with Crippen LogP contribution in [0.5, 0.6) is 0 Å². The SMILES string of the molecule is Cc1cccc(CC(O)(C(=O)Nc2ccc(C#N)c(C(F)(F)F)c2)C2CCCCC2)c1. The van der Waals surface area contributed by atoms with E-state index in [2.05, 4.69) is 5.32 Å². The summed E-state index contributed by atoms with van der Waals surface area (Å²) in [4.78, 5) is 13.2. The van der Waals surface area contributed by atoms with Gasteiger partial charge < -0.3 is 10.4 Å². The van der Waals surface area contributed by atoms with Crippen LogP contribution in [-0.4, -0.2) is 16.6 Å². The van der Waals surface area contributed by atoms with Gasteiger partial charge in [-0.05, 0) is 49.4 Å². The van der Waals surface area contributed by atoms with Gasteiger partial charge in [-0.15, -0.1) is 0 Å². The molecule has 0 radical (unpaired) electrons. The fourth-order valence-corrected chi connectivity index (χ4v) is 4.32. The molecule has 7 heteroatoms. The number of aryl methyl sites for hydroxylation is 1. The molecule has 0 saturated heterocycles. The number of benzene rings is 2. The van der Waals surface area contributed by atoms with E-state index in [0.717, 1.165) is 42.5 Å². The monoisotopic (exact) mass is 430 g/mol. The van der Waals surface area contributed by atoms with Gasteiger partial charge in [0.25, 0.3) is 5.91 Å². The third kappa shape index (κ3) is 5.26. The number of nitrogens with one attached hydrogen (secondary N) is 1. The summed E-state index contributed by atoms with van der Waals surface area (Å²) in [6.45, 7) is 1.92. The van der Waals surface area contributed by atoms with Crippen LogP contribution >= 0.6 is 0 Å². The molecule has 2 aromatic rings. The van der Waals surface area contributed by atoms with Gasteiger partial charge in [0.05, 0.1) is 17.2 Å². The number of alkyl halides is 3. The number of aliphatic hydroxyl groups is 1. The number of nitrogens with zero attached hydrogens (tertiary/aromatic N) is 1. The fourth-order valence-electron chi connectivity index (χ4n) is 4.32. The number of anilines is 1. The van der Waals surface area contributed by atoms with E-state index in [4.69, 9.17) is 5.26 Å². The van der Waals surface area contributed by atoms with Crippen LogP contribution in [0.2, 0.25) is 0 Å². The average Bonchev–Trinajstić information content (AvgIpc) is 2.73. The Labute approximate surface area is 179 Å². The van der Waals surface area contributed by atoms with Crippen LogP contribution in [0.25, 0.3) is 0 Å². The Morgan fingerprint density at radius 3 is 2.48 bits per heavy atom. The molecule has 0 spiro atoms. The van der Waals surface area contributed by atoms with Gasteiger partial charge in [-0.1, -0.05) is 49.1 Å². The molecular formula is C24H25F3N2O2. The van der Waals surface area contributed by atoms with Crippen molar-refractivity contribution in [2.75, 3.05) is 5.32 Å². The van der Waals surface area contributed by atoms with Crippen molar-refractivity contribution in [3.63, 3.8) is 0 Å². The van der Waals surface area contributed by atoms with Crippen LogP contribution in [0.3, 0.4) is 0 Å². The van der Waals surface area contributed by atoms with Gasteiger partial charge in [0.1, 0.15) is 5.60 Å². The number of carbonyl (C=O) groups is 1. The maximum Gasteiger partial charge on any atom is 0.417 e. The first-order valence-electron chi connectivity index (χ1n) is 10.3. The van der Waals surface area contributed by atoms with Crippen LogP contribution in [0.4, 0.5) is 18.9 Å². The van der Waals surface area contributed by atoms with Gasteiger partial charge in [0.2, 0.25) is 0 Å². The van der Waals surface area contributed by atoms with E-state index in [1.807, 2.05) is 31.2 Å². The van der Waals surface area contributed by atoms with Crippen LogP contribution < -0.4 is 5.32 Å². The van der Waals surface area contributed by atoms with E-state index >= 15 is 0 Å². The molecule has 1 aliphatic carbocycles. The van der Waals surface area contributed by atoms with Crippen molar-refractivity contribution >= 4 is 11.6 Å². The molecule has 164 valence electrons. The molecule has 0 aliphatic heterocycles. The minimum Gasteiger partial charge on any atom is -0.379 e. The normalized spacial score (nSPS) is 16.9. The summed E-state index contributed by atoms with van der Waals surface area (Å²) >= 11 is 0. The second-order valence-electron chi connectivity index (χ2n) is 8.25. The Balaban J connectivity index is 1.92. The summed E-state index contributed by atoms with van der Waals surface area (Å²) in [7, 11) is 0. The molecule has 1 saturated carbocycles. The number of nitriles is 1. The summed E-state index contributed by atoms with van der Waals surface area (Å²) in [5.41, 5.74) is -1.71. The maximum atomic E-state index is 13.3. The second-order valence-corrected chi connectivity index (χ2v) is 8.25. The Morgan fingerprint density at radius 1 is 1.16 bits per heavy atom. The number of carbonyl (C=O) groups excluding carboxylic acids is 1. The summed E-state index contributed by atoms with van der Waals surface area (Å²) in [5.74, 6) is -1.01. The van der Waals surface area contributed by atoms with Gasteiger partial charge in [-0.25, -0.2) is 0 Å². The molecule has 0 heterocycles. The van der Waals surface area contributed by atoms with E-state index in [-0.39, 0.29) is 18.0 Å². The topological polar surface area (TPSA) is 73.1 Å². The van der Waals surface area contributed by atoms with Crippen molar-refractivity contribution in [1.82, 2.24) is 0 Å². The van der Waals surface area contributed by atoms with E-state index in [1.165, 1.54) is 12.1 Å². The molecule has 0 bridgehead atoms. The molecule has 2 N–H and O–H groups in total. The van der Waals surface area contributed by atoms with E-state index in [9.17, 15) is 23.1 Å². The van der Waals surface area contributed by atoms with Crippen LogP contribution in [0, 0.1) is 24.2 Å². The summed E-state index contributed by atoms with van der Waals surface area (Å²) in [6, 6.07) is 12.0. The van der Waals surface area contributed by atoms with Gasteiger partial charge >= 0.3 is 6.18 Å². The minimum absolute atomic E-state index is 0.0770. The Morgan fingerprint density at radius 2 is 1.87 bits per heavy atom. The highest BCUT2D eigenvalue weighted by Gasteiger charge is 2.44. The molecule has 1 aliphatic rings. The van der Waals surface area contributed by atoms with Crippen molar-refractivity contribution in [1.29, 1.82) is 5.26 Å². The highest BCUT2D eigenvalue weighted by atomic mass is 19.4. The smallest absolute Gasteiger partial charge is 0.379 e. The number of rotatable bonds is 5. The summed E-state index contributed by atoms with van der Waals surface area (Å²) < 4.78 is 39.9. The van der Waals surface area contributed by atoms with Gasteiger partial charge in [0.15, 0.2) is 0 Å². The molecular weight excluding hydrogens is 405 g/mol. The largest absolute Gasteiger partial charge is 0.417 e. The predicted molar refractivity (Wildman–Crippen MR) is 111 cm³/mol. The van der Waals surface area contributed by atoms with Crippen LogP contribution in [0.15, 0.2) is 42.5 Å². The van der Waals surface area contributed by atoms with Crippen molar-refractivity contribution < 1.29 is 23.1 Å². The molecule has 31 heavy (non-hydrogen) atoms. The Kier molecular flexibility index (Phi) is 6.71. The predicted octanol–water partition coefficient (Wildman–Crippen LogP) is 5.38. The molecule has 2 aromatic carbocycles. The van der Waals surface area contributed by atoms with Crippen molar-refractivity contribution in [2.24, 2.45) is 5.92 Å². The van der Waals surface area contributed by atoms with Crippen LogP contribution in [0.1, 0.15) is 54.4 Å². The van der Waals surface area contributed by atoms with Crippen molar-refractivity contribution in [3.8, 4) is 6.07 Å². The zero-order valence-corrected chi connectivity index (χ0v) is 17.3. The lowest BCUT2D eigenvalue weighted by Crippen LogP contribution is -2.51. The third-order valence-electron chi connectivity index (χ3n) is 5.93. The molecule has 1 fully saturated rings. The number of hydrogen-bond donors (Lipinski definition) is 2. The second kappa shape index (κ2) is 9.11. The summed E-state index contributed by atoms with van der Waals surface area (Å²) in [6.07, 6.45) is -0.482.